The number of aromatic nitrogens is 2. The Kier molecular flexibility index (Phi) is 6.37. The lowest BCUT2D eigenvalue weighted by Crippen LogP contribution is -2.16. The van der Waals surface area contributed by atoms with E-state index in [-0.39, 0.29) is 30.0 Å². The van der Waals surface area contributed by atoms with Crippen molar-refractivity contribution in [2.75, 3.05) is 10.0 Å². The van der Waals surface area contributed by atoms with E-state index in [0.717, 1.165) is 12.1 Å². The zero-order valence-corrected chi connectivity index (χ0v) is 18.3. The van der Waals surface area contributed by atoms with Crippen molar-refractivity contribution in [2.45, 2.75) is 17.7 Å². The van der Waals surface area contributed by atoms with Crippen molar-refractivity contribution >= 4 is 38.2 Å². The second kappa shape index (κ2) is 9.40. The zero-order valence-electron chi connectivity index (χ0n) is 17.5. The van der Waals surface area contributed by atoms with E-state index in [2.05, 4.69) is 20.0 Å². The van der Waals surface area contributed by atoms with E-state index < -0.39 is 26.6 Å². The fraction of sp³-hybridized carbons (Fsp3) is 0.0870. The quantitative estimate of drug-likeness (QED) is 0.370. The maximum absolute atomic E-state index is 13.4. The number of carbonyl (C=O) groups is 1. The minimum absolute atomic E-state index is 0.0613. The van der Waals surface area contributed by atoms with Gasteiger partial charge in [-0.2, -0.15) is 0 Å². The number of nitrogens with one attached hydrogen (secondary N) is 3. The Morgan fingerprint density at radius 2 is 1.65 bits per heavy atom. The fourth-order valence-electron chi connectivity index (χ4n) is 3.19. The van der Waals surface area contributed by atoms with Gasteiger partial charge >= 0.3 is 0 Å². The molecule has 174 valence electrons. The van der Waals surface area contributed by atoms with Crippen LogP contribution in [-0.2, 0) is 21.2 Å². The summed E-state index contributed by atoms with van der Waals surface area (Å²) in [6.07, 6.45) is 0.282. The maximum atomic E-state index is 13.4. The van der Waals surface area contributed by atoms with Crippen LogP contribution in [0.1, 0.15) is 12.2 Å². The van der Waals surface area contributed by atoms with Crippen LogP contribution < -0.4 is 15.6 Å². The predicted molar refractivity (Wildman–Crippen MR) is 123 cm³/mol. The number of amides is 1. The lowest BCUT2D eigenvalue weighted by atomic mass is 10.2. The van der Waals surface area contributed by atoms with Gasteiger partial charge in [0.1, 0.15) is 5.82 Å². The van der Waals surface area contributed by atoms with E-state index in [9.17, 15) is 26.8 Å². The molecule has 11 heteroatoms. The van der Waals surface area contributed by atoms with Gasteiger partial charge in [-0.1, -0.05) is 12.1 Å². The molecule has 0 aliphatic rings. The van der Waals surface area contributed by atoms with Crippen molar-refractivity contribution in [1.82, 2.24) is 9.97 Å². The van der Waals surface area contributed by atoms with Crippen molar-refractivity contribution in [3.63, 3.8) is 0 Å². The summed E-state index contributed by atoms with van der Waals surface area (Å²) in [5.74, 6) is -2.36. The first-order chi connectivity index (χ1) is 16.2. The Hall–Kier alpha value is -4.12. The summed E-state index contributed by atoms with van der Waals surface area (Å²) in [7, 11) is -4.13. The molecule has 0 saturated heterocycles. The molecule has 1 aromatic heterocycles. The largest absolute Gasteiger partial charge is 0.326 e. The van der Waals surface area contributed by atoms with Gasteiger partial charge in [-0.15, -0.1) is 0 Å². The minimum atomic E-state index is -4.13. The predicted octanol–water partition coefficient (Wildman–Crippen LogP) is 3.57. The van der Waals surface area contributed by atoms with Crippen LogP contribution in [0.4, 0.5) is 20.2 Å². The summed E-state index contributed by atoms with van der Waals surface area (Å²) in [6, 6.07) is 15.0. The topological polar surface area (TPSA) is 121 Å². The molecule has 0 saturated carbocycles. The Labute approximate surface area is 192 Å². The number of fused-ring (bicyclic) bond motifs is 1. The highest BCUT2D eigenvalue weighted by Crippen LogP contribution is 2.20. The molecule has 0 aliphatic heterocycles. The molecule has 8 nitrogen and oxygen atoms in total. The molecule has 0 bridgehead atoms. The highest BCUT2D eigenvalue weighted by molar-refractivity contribution is 7.92. The number of nitrogens with zero attached hydrogens (tertiary/aromatic N) is 1. The zero-order chi connectivity index (χ0) is 24.3. The van der Waals surface area contributed by atoms with Crippen LogP contribution in [-0.4, -0.2) is 24.3 Å². The lowest BCUT2D eigenvalue weighted by Gasteiger charge is -2.10. The van der Waals surface area contributed by atoms with Gasteiger partial charge in [0.25, 0.3) is 15.6 Å². The molecule has 1 amide bonds. The molecule has 34 heavy (non-hydrogen) atoms. The van der Waals surface area contributed by atoms with Crippen LogP contribution in [0.3, 0.4) is 0 Å². The second-order valence-corrected chi connectivity index (χ2v) is 9.02. The Morgan fingerprint density at radius 3 is 2.38 bits per heavy atom. The minimum Gasteiger partial charge on any atom is -0.326 e. The molecular weight excluding hydrogens is 466 g/mol. The Morgan fingerprint density at radius 1 is 0.941 bits per heavy atom. The average Bonchev–Trinajstić information content (AvgIpc) is 2.80. The number of H-pyrrole nitrogens is 1. The summed E-state index contributed by atoms with van der Waals surface area (Å²) in [5.41, 5.74) is 0.854. The van der Waals surface area contributed by atoms with E-state index >= 15 is 0 Å². The SMILES string of the molecule is O=C(CCc1nc2ccccc2c(=O)[nH]1)Nc1ccc(NS(=O)(=O)c2ccc(F)c(F)c2)cc1. The van der Waals surface area contributed by atoms with Gasteiger partial charge in [-0.3, -0.25) is 14.3 Å². The maximum Gasteiger partial charge on any atom is 0.261 e. The van der Waals surface area contributed by atoms with E-state index in [1.165, 1.54) is 24.3 Å². The third-order valence-corrected chi connectivity index (χ3v) is 6.25. The highest BCUT2D eigenvalue weighted by atomic mass is 32.2. The van der Waals surface area contributed by atoms with Crippen molar-refractivity contribution in [2.24, 2.45) is 0 Å². The molecule has 3 N–H and O–H groups in total. The van der Waals surface area contributed by atoms with Gasteiger partial charge in [-0.25, -0.2) is 22.2 Å². The normalized spacial score (nSPS) is 11.4. The van der Waals surface area contributed by atoms with Gasteiger partial charge in [0.05, 0.1) is 15.8 Å². The number of aromatic amines is 1. The lowest BCUT2D eigenvalue weighted by molar-refractivity contribution is -0.116. The van der Waals surface area contributed by atoms with Gasteiger partial charge in [0, 0.05) is 24.2 Å². The van der Waals surface area contributed by atoms with Crippen LogP contribution in [0.5, 0.6) is 0 Å². The van der Waals surface area contributed by atoms with E-state index in [1.54, 1.807) is 24.3 Å². The van der Waals surface area contributed by atoms with Crippen LogP contribution in [0.15, 0.2) is 76.4 Å². The average molecular weight is 484 g/mol. The first-order valence-electron chi connectivity index (χ1n) is 10.1. The summed E-state index contributed by atoms with van der Waals surface area (Å²) < 4.78 is 53.4. The van der Waals surface area contributed by atoms with Gasteiger partial charge in [0.15, 0.2) is 11.6 Å². The highest BCUT2D eigenvalue weighted by Gasteiger charge is 2.17. The number of rotatable bonds is 7. The van der Waals surface area contributed by atoms with Gasteiger partial charge in [0.2, 0.25) is 5.91 Å². The molecule has 0 unspecified atom stereocenters. The number of anilines is 2. The van der Waals surface area contributed by atoms with Crippen LogP contribution in [0.2, 0.25) is 0 Å². The number of aryl methyl sites for hydroxylation is 1. The molecule has 0 fully saturated rings. The molecule has 0 radical (unpaired) electrons. The Balaban J connectivity index is 1.36. The third-order valence-electron chi connectivity index (χ3n) is 4.87. The summed E-state index contributed by atoms with van der Waals surface area (Å²) >= 11 is 0. The molecule has 4 aromatic rings. The summed E-state index contributed by atoms with van der Waals surface area (Å²) in [5, 5.41) is 3.14. The van der Waals surface area contributed by atoms with E-state index in [4.69, 9.17) is 0 Å². The third kappa shape index (κ3) is 5.26. The first kappa shape index (κ1) is 23.1. The summed E-state index contributed by atoms with van der Waals surface area (Å²) in [4.78, 5) is 31.0. The van der Waals surface area contributed by atoms with Crippen LogP contribution >= 0.6 is 0 Å². The molecule has 0 spiro atoms. The summed E-state index contributed by atoms with van der Waals surface area (Å²) in [6.45, 7) is 0. The molecule has 0 atom stereocenters. The number of carbonyl (C=O) groups excluding carboxylic acids is 1. The standard InChI is InChI=1S/C23H18F2N4O4S/c24-18-10-9-16(13-19(18)25)34(32,33)29-15-7-5-14(6-8-15)26-22(30)12-11-21-27-20-4-2-1-3-17(20)23(31)28-21/h1-10,13,29H,11-12H2,(H,26,30)(H,27,28,31). The molecular formula is C23H18F2N4O4S. The van der Waals surface area contributed by atoms with Crippen LogP contribution in [0, 0.1) is 11.6 Å². The van der Waals surface area contributed by atoms with Crippen molar-refractivity contribution < 1.29 is 22.0 Å². The van der Waals surface area contributed by atoms with Crippen LogP contribution in [0.25, 0.3) is 10.9 Å². The number of hydrogen-bond donors (Lipinski definition) is 3. The Bertz CT molecular complexity index is 1540. The molecule has 0 aliphatic carbocycles. The second-order valence-electron chi connectivity index (χ2n) is 7.34. The molecule has 4 rings (SSSR count). The van der Waals surface area contributed by atoms with E-state index in [1.807, 2.05) is 0 Å². The van der Waals surface area contributed by atoms with Crippen molar-refractivity contribution in [1.29, 1.82) is 0 Å². The van der Waals surface area contributed by atoms with Gasteiger partial charge in [-0.05, 0) is 54.6 Å². The smallest absolute Gasteiger partial charge is 0.261 e. The van der Waals surface area contributed by atoms with Crippen molar-refractivity contribution in [3.05, 3.63) is 94.5 Å². The number of sulfonamides is 1. The number of halogens is 2. The number of para-hydroxylation sites is 1. The molecule has 3 aromatic carbocycles. The fourth-order valence-corrected chi connectivity index (χ4v) is 4.26. The van der Waals surface area contributed by atoms with E-state index in [0.29, 0.717) is 28.5 Å². The molecule has 1 heterocycles. The number of hydrogen-bond acceptors (Lipinski definition) is 5. The van der Waals surface area contributed by atoms with Crippen molar-refractivity contribution in [3.8, 4) is 0 Å². The number of benzene rings is 3. The van der Waals surface area contributed by atoms with Gasteiger partial charge < -0.3 is 10.3 Å². The monoisotopic (exact) mass is 484 g/mol. The first-order valence-corrected chi connectivity index (χ1v) is 11.6.